The van der Waals surface area contributed by atoms with Crippen LogP contribution in [0, 0.1) is 17.3 Å². The molecule has 40 heavy (non-hydrogen) atoms. The third kappa shape index (κ3) is 4.58. The summed E-state index contributed by atoms with van der Waals surface area (Å²) in [5.74, 6) is -1.62. The van der Waals surface area contributed by atoms with Gasteiger partial charge < -0.3 is 24.1 Å². The molecule has 7 nitrogen and oxygen atoms in total. The van der Waals surface area contributed by atoms with Crippen LogP contribution >= 0.6 is 0 Å². The second kappa shape index (κ2) is 10.8. The van der Waals surface area contributed by atoms with Gasteiger partial charge in [-0.2, -0.15) is 0 Å². The van der Waals surface area contributed by atoms with E-state index in [9.17, 15) is 14.7 Å². The van der Waals surface area contributed by atoms with Crippen molar-refractivity contribution in [3.8, 4) is 0 Å². The number of carbonyl (C=O) groups is 2. The molecule has 3 fully saturated rings. The zero-order valence-corrected chi connectivity index (χ0v) is 23.9. The zero-order valence-electron chi connectivity index (χ0n) is 23.9. The van der Waals surface area contributed by atoms with Gasteiger partial charge in [-0.1, -0.05) is 74.5 Å². The molecule has 2 bridgehead atoms. The van der Waals surface area contributed by atoms with E-state index >= 15 is 0 Å². The second-order valence-electron chi connectivity index (χ2n) is 12.1. The van der Waals surface area contributed by atoms with Crippen molar-refractivity contribution in [2.75, 3.05) is 6.61 Å². The monoisotopic (exact) mass is 548 g/mol. The van der Waals surface area contributed by atoms with Crippen LogP contribution in [0.2, 0.25) is 0 Å². The van der Waals surface area contributed by atoms with E-state index in [1.54, 1.807) is 24.3 Å². The van der Waals surface area contributed by atoms with Crippen LogP contribution in [0.5, 0.6) is 0 Å². The average Bonchev–Trinajstić information content (AvgIpc) is 3.13. The Hall–Kier alpha value is -3.00. The van der Waals surface area contributed by atoms with Gasteiger partial charge in [0.2, 0.25) is 0 Å². The lowest BCUT2D eigenvalue weighted by Gasteiger charge is -2.63. The van der Waals surface area contributed by atoms with Gasteiger partial charge in [0.25, 0.3) is 0 Å². The predicted octanol–water partition coefficient (Wildman–Crippen LogP) is 5.22. The first kappa shape index (κ1) is 28.5. The minimum Gasteiger partial charge on any atom is -0.459 e. The number of esters is 2. The van der Waals surface area contributed by atoms with Crippen LogP contribution in [-0.4, -0.2) is 59.3 Å². The standard InChI is InChI=1S/C33H40O7/c1-21-18-19-25(37-20-12-15-23-13-8-6-9-14-23)32(5)29(39-30(36)24-16-10-7-11-17-24)27(35)26-28(38-22(2)34)33(21,32)40-31(26,3)4/h6-17,21,25-29,35H,18-20H2,1-5H3. The molecule has 7 heteroatoms. The van der Waals surface area contributed by atoms with Crippen molar-refractivity contribution in [3.05, 3.63) is 77.9 Å². The summed E-state index contributed by atoms with van der Waals surface area (Å²) in [5.41, 5.74) is -1.46. The van der Waals surface area contributed by atoms with Gasteiger partial charge in [-0.25, -0.2) is 4.79 Å². The molecular formula is C33H40O7. The largest absolute Gasteiger partial charge is 0.459 e. The SMILES string of the molecule is CC(=O)OC1C2C(O)C(OC(=O)c3ccccc3)C3(C)C(OCC=Cc4ccccc4)CCC(C)C13OC2(C)C. The number of hydrogen-bond donors (Lipinski definition) is 1. The molecule has 1 heterocycles. The van der Waals surface area contributed by atoms with Crippen molar-refractivity contribution in [2.45, 2.75) is 83.1 Å². The van der Waals surface area contributed by atoms with Gasteiger partial charge in [0.1, 0.15) is 23.9 Å². The summed E-state index contributed by atoms with van der Waals surface area (Å²) in [6.45, 7) is 9.58. The third-order valence-corrected chi connectivity index (χ3v) is 9.40. The lowest BCUT2D eigenvalue weighted by molar-refractivity contribution is -0.300. The molecule has 1 aliphatic heterocycles. The zero-order chi connectivity index (χ0) is 28.7. The minimum absolute atomic E-state index is 0.0590. The maximum absolute atomic E-state index is 13.4. The van der Waals surface area contributed by atoms with Crippen LogP contribution in [0.15, 0.2) is 66.7 Å². The van der Waals surface area contributed by atoms with Crippen molar-refractivity contribution in [1.82, 2.24) is 0 Å². The summed E-state index contributed by atoms with van der Waals surface area (Å²) in [7, 11) is 0. The molecule has 2 aliphatic carbocycles. The molecule has 1 N–H and O–H groups in total. The smallest absolute Gasteiger partial charge is 0.338 e. The van der Waals surface area contributed by atoms with Crippen molar-refractivity contribution >= 4 is 18.0 Å². The van der Waals surface area contributed by atoms with Crippen molar-refractivity contribution in [3.63, 3.8) is 0 Å². The number of benzene rings is 2. The Labute approximate surface area is 236 Å². The van der Waals surface area contributed by atoms with E-state index in [4.69, 9.17) is 18.9 Å². The molecule has 8 atom stereocenters. The maximum Gasteiger partial charge on any atom is 0.338 e. The highest BCUT2D eigenvalue weighted by atomic mass is 16.6. The van der Waals surface area contributed by atoms with E-state index in [1.165, 1.54) is 6.92 Å². The number of hydrogen-bond acceptors (Lipinski definition) is 7. The number of ether oxygens (including phenoxy) is 4. The molecule has 5 rings (SSSR count). The van der Waals surface area contributed by atoms with Crippen molar-refractivity contribution < 1.29 is 33.6 Å². The maximum atomic E-state index is 13.4. The third-order valence-electron chi connectivity index (χ3n) is 9.40. The summed E-state index contributed by atoms with van der Waals surface area (Å²) >= 11 is 0. The molecule has 1 saturated heterocycles. The fourth-order valence-corrected chi connectivity index (χ4v) is 7.69. The Kier molecular flexibility index (Phi) is 7.68. The molecule has 0 amide bonds. The number of aliphatic hydroxyl groups is 1. The summed E-state index contributed by atoms with van der Waals surface area (Å²) in [4.78, 5) is 25.8. The highest BCUT2D eigenvalue weighted by Gasteiger charge is 2.81. The molecular weight excluding hydrogens is 508 g/mol. The van der Waals surface area contributed by atoms with E-state index in [-0.39, 0.29) is 5.92 Å². The van der Waals surface area contributed by atoms with E-state index in [2.05, 4.69) is 6.92 Å². The molecule has 2 aromatic rings. The highest BCUT2D eigenvalue weighted by molar-refractivity contribution is 5.89. The summed E-state index contributed by atoms with van der Waals surface area (Å²) in [5, 5.41) is 12.0. The van der Waals surface area contributed by atoms with Crippen LogP contribution in [0.25, 0.3) is 6.08 Å². The van der Waals surface area contributed by atoms with Gasteiger partial charge in [0.15, 0.2) is 0 Å². The van der Waals surface area contributed by atoms with Gasteiger partial charge in [-0.3, -0.25) is 4.79 Å². The van der Waals surface area contributed by atoms with Gasteiger partial charge in [-0.15, -0.1) is 0 Å². The van der Waals surface area contributed by atoms with Crippen molar-refractivity contribution in [2.24, 2.45) is 17.3 Å². The first-order valence-corrected chi connectivity index (χ1v) is 14.2. The predicted molar refractivity (Wildman–Crippen MR) is 150 cm³/mol. The Morgan fingerprint density at radius 1 is 0.975 bits per heavy atom. The highest BCUT2D eigenvalue weighted by Crippen LogP contribution is 2.67. The summed E-state index contributed by atoms with van der Waals surface area (Å²) in [6, 6.07) is 18.7. The number of carbonyl (C=O) groups excluding carboxylic acids is 2. The number of fused-ring (bicyclic) bond motifs is 1. The van der Waals surface area contributed by atoms with Crippen LogP contribution in [0.4, 0.5) is 0 Å². The lowest BCUT2D eigenvalue weighted by Crippen LogP contribution is -2.76. The van der Waals surface area contributed by atoms with Crippen molar-refractivity contribution in [1.29, 1.82) is 0 Å². The Morgan fingerprint density at radius 2 is 1.62 bits per heavy atom. The molecule has 0 aromatic heterocycles. The minimum atomic E-state index is -1.15. The van der Waals surface area contributed by atoms with E-state index < -0.39 is 58.9 Å². The Bertz CT molecular complexity index is 1240. The number of aliphatic hydroxyl groups excluding tert-OH is 1. The average molecular weight is 549 g/mol. The van der Waals surface area contributed by atoms with Crippen LogP contribution in [0.3, 0.4) is 0 Å². The summed E-state index contributed by atoms with van der Waals surface area (Å²) < 4.78 is 25.8. The molecule has 2 saturated carbocycles. The van der Waals surface area contributed by atoms with E-state index in [0.717, 1.165) is 12.0 Å². The topological polar surface area (TPSA) is 91.3 Å². The van der Waals surface area contributed by atoms with Crippen LogP contribution in [0.1, 0.15) is 63.4 Å². The molecule has 3 aliphatic rings. The fraction of sp³-hybridized carbons (Fsp3) is 0.515. The Balaban J connectivity index is 1.56. The van der Waals surface area contributed by atoms with Gasteiger partial charge >= 0.3 is 11.9 Å². The Morgan fingerprint density at radius 3 is 2.27 bits per heavy atom. The van der Waals surface area contributed by atoms with E-state index in [0.29, 0.717) is 18.6 Å². The number of rotatable bonds is 7. The molecule has 2 aromatic carbocycles. The molecule has 1 spiro atoms. The van der Waals surface area contributed by atoms with Gasteiger partial charge in [-0.05, 0) is 50.3 Å². The normalized spacial score (nSPS) is 36.1. The first-order valence-electron chi connectivity index (χ1n) is 14.2. The lowest BCUT2D eigenvalue weighted by atomic mass is 9.48. The van der Waals surface area contributed by atoms with Crippen LogP contribution < -0.4 is 0 Å². The quantitative estimate of drug-likeness (QED) is 0.475. The van der Waals surface area contributed by atoms with Crippen LogP contribution in [-0.2, 0) is 23.7 Å². The fourth-order valence-electron chi connectivity index (χ4n) is 7.69. The summed E-state index contributed by atoms with van der Waals surface area (Å²) in [6.07, 6.45) is 2.12. The van der Waals surface area contributed by atoms with E-state index in [1.807, 2.05) is 69.3 Å². The molecule has 214 valence electrons. The van der Waals surface area contributed by atoms with Gasteiger partial charge in [0, 0.05) is 6.92 Å². The first-order chi connectivity index (χ1) is 19.0. The molecule has 8 unspecified atom stereocenters. The molecule has 0 radical (unpaired) electrons. The van der Waals surface area contributed by atoms with Gasteiger partial charge in [0.05, 0.1) is 35.2 Å². The second-order valence-corrected chi connectivity index (χ2v) is 12.1.